The second-order valence-electron chi connectivity index (χ2n) is 6.88. The van der Waals surface area contributed by atoms with Crippen molar-refractivity contribution in [3.8, 4) is 17.6 Å². The molecule has 0 fully saturated rings. The van der Waals surface area contributed by atoms with Crippen LogP contribution in [-0.2, 0) is 6.18 Å². The minimum atomic E-state index is -4.75. The smallest absolute Gasteiger partial charge is 0.416 e. The molecule has 34 heavy (non-hydrogen) atoms. The maximum absolute atomic E-state index is 13.0. The number of aromatic nitrogens is 1. The summed E-state index contributed by atoms with van der Waals surface area (Å²) in [6.07, 6.45) is -3.35. The molecular weight excluding hydrogens is 519 g/mol. The van der Waals surface area contributed by atoms with Gasteiger partial charge in [-0.15, -0.1) is 0 Å². The molecule has 0 atom stereocenters. The van der Waals surface area contributed by atoms with E-state index in [1.807, 2.05) is 6.07 Å². The number of fused-ring (bicyclic) bond motifs is 1. The van der Waals surface area contributed by atoms with Crippen molar-refractivity contribution in [3.05, 3.63) is 92.3 Å². The highest BCUT2D eigenvalue weighted by atomic mass is 79.9. The van der Waals surface area contributed by atoms with E-state index in [0.717, 1.165) is 6.07 Å². The fourth-order valence-corrected chi connectivity index (χ4v) is 3.43. The van der Waals surface area contributed by atoms with Crippen molar-refractivity contribution in [2.75, 3.05) is 0 Å². The summed E-state index contributed by atoms with van der Waals surface area (Å²) >= 11 is 3.31. The number of nitro groups is 1. The molecule has 0 radical (unpaired) electrons. The fourth-order valence-electron chi connectivity index (χ4n) is 3.05. The summed E-state index contributed by atoms with van der Waals surface area (Å²) < 4.78 is 50.8. The molecule has 4 rings (SSSR count). The second kappa shape index (κ2) is 8.99. The molecule has 1 heterocycles. The van der Waals surface area contributed by atoms with Crippen molar-refractivity contribution in [2.45, 2.75) is 6.18 Å². The van der Waals surface area contributed by atoms with E-state index in [-0.39, 0.29) is 17.2 Å². The lowest BCUT2D eigenvalue weighted by Crippen LogP contribution is -2.06. The van der Waals surface area contributed by atoms with Crippen LogP contribution >= 0.6 is 15.9 Å². The molecule has 0 aliphatic heterocycles. The maximum Gasteiger partial charge on any atom is 0.416 e. The minimum absolute atomic E-state index is 0.0427. The van der Waals surface area contributed by atoms with Crippen LogP contribution in [0.5, 0.6) is 11.5 Å². The maximum atomic E-state index is 13.0. The monoisotopic (exact) mass is 529 g/mol. The van der Waals surface area contributed by atoms with E-state index in [1.165, 1.54) is 12.1 Å². The van der Waals surface area contributed by atoms with Gasteiger partial charge in [-0.3, -0.25) is 10.1 Å². The molecule has 0 bridgehead atoms. The van der Waals surface area contributed by atoms with Crippen LogP contribution in [0.3, 0.4) is 0 Å². The van der Waals surface area contributed by atoms with Crippen LogP contribution in [-0.4, -0.2) is 9.91 Å². The molecule has 7 nitrogen and oxygen atoms in total. The Morgan fingerprint density at radius 2 is 1.88 bits per heavy atom. The SMILES string of the molecule is N#C/C(=C\c1cc(Br)ccc1Oc1ccc(C(F)(F)F)cc1[N+](=O)[O-])c1nc2ccccc2o1. The highest BCUT2D eigenvalue weighted by molar-refractivity contribution is 9.10. The third kappa shape index (κ3) is 4.77. The summed E-state index contributed by atoms with van der Waals surface area (Å²) in [5.74, 6) is -0.277. The molecular formula is C23H11BrF3N3O4. The Hall–Kier alpha value is -4.17. The normalized spacial score (nSPS) is 11.9. The van der Waals surface area contributed by atoms with Gasteiger partial charge in [-0.1, -0.05) is 28.1 Å². The van der Waals surface area contributed by atoms with Gasteiger partial charge in [0.15, 0.2) is 5.58 Å². The zero-order valence-corrected chi connectivity index (χ0v) is 18.4. The number of benzene rings is 3. The van der Waals surface area contributed by atoms with Crippen LogP contribution in [0.15, 0.2) is 69.6 Å². The predicted octanol–water partition coefficient (Wildman–Crippen LogP) is 7.37. The van der Waals surface area contributed by atoms with Crippen LogP contribution in [0, 0.1) is 21.4 Å². The molecule has 11 heteroatoms. The lowest BCUT2D eigenvalue weighted by atomic mass is 10.1. The van der Waals surface area contributed by atoms with Crippen molar-refractivity contribution in [1.82, 2.24) is 4.98 Å². The lowest BCUT2D eigenvalue weighted by Gasteiger charge is -2.12. The average molecular weight is 530 g/mol. The summed E-state index contributed by atoms with van der Waals surface area (Å²) in [4.78, 5) is 14.7. The third-order valence-electron chi connectivity index (χ3n) is 4.62. The van der Waals surface area contributed by atoms with Crippen LogP contribution in [0.4, 0.5) is 18.9 Å². The van der Waals surface area contributed by atoms with Crippen molar-refractivity contribution in [1.29, 1.82) is 5.26 Å². The van der Waals surface area contributed by atoms with Crippen LogP contribution in [0.2, 0.25) is 0 Å². The predicted molar refractivity (Wildman–Crippen MR) is 120 cm³/mol. The molecule has 0 saturated carbocycles. The number of halogens is 4. The minimum Gasteiger partial charge on any atom is -0.449 e. The van der Waals surface area contributed by atoms with Gasteiger partial charge >= 0.3 is 11.9 Å². The first kappa shape index (κ1) is 23.0. The van der Waals surface area contributed by atoms with Crippen molar-refractivity contribution >= 4 is 44.4 Å². The van der Waals surface area contributed by atoms with Gasteiger partial charge in [-0.2, -0.15) is 18.4 Å². The van der Waals surface area contributed by atoms with E-state index in [1.54, 1.807) is 36.4 Å². The molecule has 0 amide bonds. The second-order valence-corrected chi connectivity index (χ2v) is 7.79. The van der Waals surface area contributed by atoms with Gasteiger partial charge in [-0.05, 0) is 48.5 Å². The van der Waals surface area contributed by atoms with E-state index in [9.17, 15) is 28.5 Å². The van der Waals surface area contributed by atoms with Gasteiger partial charge in [0.1, 0.15) is 22.9 Å². The summed E-state index contributed by atoms with van der Waals surface area (Å²) in [7, 11) is 0. The van der Waals surface area contributed by atoms with E-state index >= 15 is 0 Å². The van der Waals surface area contributed by atoms with Gasteiger partial charge in [0.25, 0.3) is 0 Å². The molecule has 0 aliphatic rings. The van der Waals surface area contributed by atoms with Crippen LogP contribution in [0.1, 0.15) is 17.0 Å². The number of nitro benzene ring substituents is 1. The summed E-state index contributed by atoms with van der Waals surface area (Å²) in [5, 5.41) is 21.1. The molecule has 3 aromatic carbocycles. The Kier molecular flexibility index (Phi) is 6.08. The Balaban J connectivity index is 1.77. The number of hydrogen-bond donors (Lipinski definition) is 0. The Labute approximate surface area is 198 Å². The van der Waals surface area contributed by atoms with Gasteiger partial charge in [0.05, 0.1) is 10.5 Å². The number of hydrogen-bond acceptors (Lipinski definition) is 6. The fraction of sp³-hybridized carbons (Fsp3) is 0.0435. The van der Waals surface area contributed by atoms with Crippen molar-refractivity contribution in [2.24, 2.45) is 0 Å². The Bertz CT molecular complexity index is 1460. The topological polar surface area (TPSA) is 102 Å². The first-order valence-corrected chi connectivity index (χ1v) is 10.3. The number of nitriles is 1. The quantitative estimate of drug-likeness (QED) is 0.152. The van der Waals surface area contributed by atoms with E-state index in [0.29, 0.717) is 33.3 Å². The highest BCUT2D eigenvalue weighted by Gasteiger charge is 2.33. The summed E-state index contributed by atoms with van der Waals surface area (Å²) in [5.41, 5.74) is -0.657. The zero-order chi connectivity index (χ0) is 24.5. The summed E-state index contributed by atoms with van der Waals surface area (Å²) in [6.45, 7) is 0. The van der Waals surface area contributed by atoms with E-state index in [4.69, 9.17) is 9.15 Å². The van der Waals surface area contributed by atoms with Crippen molar-refractivity contribution < 1.29 is 27.2 Å². The number of rotatable bonds is 5. The average Bonchev–Trinajstić information content (AvgIpc) is 3.22. The molecule has 0 N–H and O–H groups in total. The zero-order valence-electron chi connectivity index (χ0n) is 16.8. The molecule has 1 aromatic heterocycles. The number of para-hydroxylation sites is 2. The largest absolute Gasteiger partial charge is 0.449 e. The van der Waals surface area contributed by atoms with E-state index < -0.39 is 28.1 Å². The first-order valence-electron chi connectivity index (χ1n) is 9.46. The molecule has 0 aliphatic carbocycles. The van der Waals surface area contributed by atoms with Crippen molar-refractivity contribution in [3.63, 3.8) is 0 Å². The van der Waals surface area contributed by atoms with Gasteiger partial charge in [0.2, 0.25) is 11.6 Å². The molecule has 0 saturated heterocycles. The molecule has 4 aromatic rings. The van der Waals surface area contributed by atoms with E-state index in [2.05, 4.69) is 20.9 Å². The molecule has 0 unspecified atom stereocenters. The number of oxazole rings is 1. The molecule has 170 valence electrons. The third-order valence-corrected chi connectivity index (χ3v) is 5.11. The highest BCUT2D eigenvalue weighted by Crippen LogP contribution is 2.39. The van der Waals surface area contributed by atoms with Crippen LogP contribution < -0.4 is 4.74 Å². The van der Waals surface area contributed by atoms with Gasteiger partial charge in [0, 0.05) is 16.1 Å². The summed E-state index contributed by atoms with van der Waals surface area (Å²) in [6, 6.07) is 15.5. The van der Waals surface area contributed by atoms with Gasteiger partial charge in [-0.25, -0.2) is 4.98 Å². The number of ether oxygens (including phenoxy) is 1. The first-order chi connectivity index (χ1) is 16.2. The number of alkyl halides is 3. The Morgan fingerprint density at radius 3 is 2.56 bits per heavy atom. The number of nitrogens with zero attached hydrogens (tertiary/aromatic N) is 3. The Morgan fingerprint density at radius 1 is 1.15 bits per heavy atom. The van der Waals surface area contributed by atoms with Gasteiger partial charge < -0.3 is 9.15 Å². The van der Waals surface area contributed by atoms with Crippen LogP contribution in [0.25, 0.3) is 22.7 Å². The molecule has 0 spiro atoms. The number of allylic oxidation sites excluding steroid dienone is 1. The standard InChI is InChI=1S/C23H11BrF3N3O4/c24-16-6-8-19(33-21-7-5-15(23(25,26)27)11-18(21)30(31)32)13(10-16)9-14(12-28)22-29-17-3-1-2-4-20(17)34-22/h1-11H/b14-9+. The lowest BCUT2D eigenvalue weighted by molar-refractivity contribution is -0.385.